The maximum Gasteiger partial charge on any atom is 0.226 e. The Morgan fingerprint density at radius 3 is 2.21 bits per heavy atom. The van der Waals surface area contributed by atoms with Gasteiger partial charge in [-0.25, -0.2) is 26.2 Å². The lowest BCUT2D eigenvalue weighted by atomic mass is 10.2. The molecule has 0 amide bonds. The molecule has 3 rings (SSSR count). The third kappa shape index (κ3) is 4.65. The van der Waals surface area contributed by atoms with Gasteiger partial charge in [0.05, 0.1) is 10.6 Å². The molecule has 0 aliphatic carbocycles. The fourth-order valence-electron chi connectivity index (χ4n) is 2.45. The first kappa shape index (κ1) is 21.4. The van der Waals surface area contributed by atoms with Crippen LogP contribution in [0, 0.1) is 12.7 Å². The summed E-state index contributed by atoms with van der Waals surface area (Å²) in [7, 11) is -7.72. The zero-order valence-corrected chi connectivity index (χ0v) is 18.2. The Kier molecular flexibility index (Phi) is 6.06. The zero-order valence-electron chi connectivity index (χ0n) is 15.7. The number of nitrogens with one attached hydrogen (secondary N) is 1. The van der Waals surface area contributed by atoms with Gasteiger partial charge in [-0.1, -0.05) is 48.1 Å². The van der Waals surface area contributed by atoms with Crippen molar-refractivity contribution in [2.75, 3.05) is 11.1 Å². The monoisotopic (exact) mass is 454 g/mol. The van der Waals surface area contributed by atoms with Gasteiger partial charge in [0.25, 0.3) is 0 Å². The van der Waals surface area contributed by atoms with Crippen LogP contribution >= 0.6 is 11.3 Å². The average Bonchev–Trinajstić information content (AvgIpc) is 3.14. The van der Waals surface area contributed by atoms with Crippen molar-refractivity contribution in [3.63, 3.8) is 0 Å². The molecule has 0 aliphatic heterocycles. The van der Waals surface area contributed by atoms with Gasteiger partial charge in [-0.05, 0) is 36.8 Å². The van der Waals surface area contributed by atoms with Crippen LogP contribution in [0.5, 0.6) is 0 Å². The average molecular weight is 455 g/mol. The fourth-order valence-corrected chi connectivity index (χ4v) is 6.44. The highest BCUT2D eigenvalue weighted by atomic mass is 32.2. The number of thiazole rings is 1. The molecule has 0 atom stereocenters. The van der Waals surface area contributed by atoms with E-state index in [1.807, 2.05) is 6.92 Å². The second kappa shape index (κ2) is 8.21. The smallest absolute Gasteiger partial charge is 0.226 e. The summed E-state index contributed by atoms with van der Waals surface area (Å²) in [6.07, 6.45) is 0. The first-order valence-corrected chi connectivity index (χ1v) is 12.6. The van der Waals surface area contributed by atoms with Crippen LogP contribution in [0.1, 0.15) is 18.1 Å². The molecule has 0 bridgehead atoms. The van der Waals surface area contributed by atoms with Crippen molar-refractivity contribution in [3.05, 3.63) is 65.5 Å². The van der Waals surface area contributed by atoms with Crippen LogP contribution < -0.4 is 5.32 Å². The van der Waals surface area contributed by atoms with E-state index in [0.717, 1.165) is 16.9 Å². The highest BCUT2D eigenvalue weighted by Crippen LogP contribution is 2.35. The van der Waals surface area contributed by atoms with Gasteiger partial charge in [-0.15, -0.1) is 0 Å². The largest absolute Gasteiger partial charge is 0.370 e. The highest BCUT2D eigenvalue weighted by molar-refractivity contribution is 7.94. The van der Waals surface area contributed by atoms with E-state index in [2.05, 4.69) is 10.3 Å². The number of aromatic nitrogens is 1. The van der Waals surface area contributed by atoms with Gasteiger partial charge in [-0.2, -0.15) is 0 Å². The SMILES string of the molecule is CCS(=O)(=O)c1nc(S(=O)(=O)c2ccc(C)cc2)c(NCc2ccc(F)cc2)s1. The van der Waals surface area contributed by atoms with Crippen molar-refractivity contribution in [2.24, 2.45) is 0 Å². The molecule has 154 valence electrons. The van der Waals surface area contributed by atoms with Crippen LogP contribution in [-0.2, 0) is 26.2 Å². The van der Waals surface area contributed by atoms with Crippen LogP contribution in [0.4, 0.5) is 9.39 Å². The molecule has 0 unspecified atom stereocenters. The highest BCUT2D eigenvalue weighted by Gasteiger charge is 2.29. The first-order valence-electron chi connectivity index (χ1n) is 8.67. The number of nitrogens with zero attached hydrogens (tertiary/aromatic N) is 1. The normalized spacial score (nSPS) is 12.1. The number of hydrogen-bond acceptors (Lipinski definition) is 7. The molecule has 2 aromatic carbocycles. The third-order valence-electron chi connectivity index (χ3n) is 4.17. The quantitative estimate of drug-likeness (QED) is 0.583. The third-order valence-corrected chi connectivity index (χ3v) is 9.20. The van der Waals surface area contributed by atoms with Gasteiger partial charge in [0.1, 0.15) is 10.8 Å². The topological polar surface area (TPSA) is 93.2 Å². The van der Waals surface area contributed by atoms with Crippen LogP contribution in [-0.4, -0.2) is 27.6 Å². The van der Waals surface area contributed by atoms with Gasteiger partial charge in [0.15, 0.2) is 5.03 Å². The molecule has 0 spiro atoms. The molecule has 0 saturated heterocycles. The van der Waals surface area contributed by atoms with Gasteiger partial charge in [-0.3, -0.25) is 0 Å². The Labute approximate surface area is 173 Å². The van der Waals surface area contributed by atoms with E-state index in [1.54, 1.807) is 24.3 Å². The van der Waals surface area contributed by atoms with Crippen LogP contribution in [0.25, 0.3) is 0 Å². The number of aryl methyl sites for hydroxylation is 1. The first-order chi connectivity index (χ1) is 13.6. The number of rotatable bonds is 7. The molecule has 0 radical (unpaired) electrons. The summed E-state index contributed by atoms with van der Waals surface area (Å²) in [6.45, 7) is 3.49. The Morgan fingerprint density at radius 2 is 1.62 bits per heavy atom. The van der Waals surface area contributed by atoms with Gasteiger partial charge >= 0.3 is 0 Å². The molecule has 1 N–H and O–H groups in total. The second-order valence-corrected chi connectivity index (χ2v) is 11.6. The van der Waals surface area contributed by atoms with Crippen molar-refractivity contribution < 1.29 is 21.2 Å². The minimum atomic E-state index is -4.03. The number of halogens is 1. The van der Waals surface area contributed by atoms with Crippen LogP contribution in [0.2, 0.25) is 0 Å². The summed E-state index contributed by atoms with van der Waals surface area (Å²) < 4.78 is 63.6. The molecule has 0 aliphatic rings. The van der Waals surface area contributed by atoms with Crippen molar-refractivity contribution in [1.82, 2.24) is 4.98 Å². The maximum atomic E-state index is 13.1. The van der Waals surface area contributed by atoms with Crippen molar-refractivity contribution in [1.29, 1.82) is 0 Å². The lowest BCUT2D eigenvalue weighted by Gasteiger charge is -2.08. The molecule has 1 heterocycles. The van der Waals surface area contributed by atoms with Crippen molar-refractivity contribution in [2.45, 2.75) is 34.7 Å². The minimum absolute atomic E-state index is 0.0266. The van der Waals surface area contributed by atoms with Crippen molar-refractivity contribution in [3.8, 4) is 0 Å². The van der Waals surface area contributed by atoms with Gasteiger partial charge in [0.2, 0.25) is 24.0 Å². The van der Waals surface area contributed by atoms with E-state index in [4.69, 9.17) is 0 Å². The number of sulfone groups is 2. The number of hydrogen-bond donors (Lipinski definition) is 1. The standard InChI is InChI=1S/C19H19FN2O4S3/c1-3-28(23,24)19-22-18(29(25,26)16-10-4-13(2)5-11-16)17(27-19)21-12-14-6-8-15(20)9-7-14/h4-11,21H,3,12H2,1-2H3. The summed E-state index contributed by atoms with van der Waals surface area (Å²) in [6, 6.07) is 11.9. The van der Waals surface area contributed by atoms with Gasteiger partial charge in [0, 0.05) is 6.54 Å². The molecule has 29 heavy (non-hydrogen) atoms. The molecular weight excluding hydrogens is 435 g/mol. The number of anilines is 1. The van der Waals surface area contributed by atoms with E-state index in [-0.39, 0.29) is 37.4 Å². The molecule has 0 fully saturated rings. The maximum absolute atomic E-state index is 13.1. The van der Waals surface area contributed by atoms with E-state index in [0.29, 0.717) is 5.56 Å². The Balaban J connectivity index is 2.04. The van der Waals surface area contributed by atoms with E-state index in [1.165, 1.54) is 31.2 Å². The number of benzene rings is 2. The lowest BCUT2D eigenvalue weighted by molar-refractivity contribution is 0.590. The molecule has 3 aromatic rings. The molecule has 6 nitrogen and oxygen atoms in total. The van der Waals surface area contributed by atoms with Crippen molar-refractivity contribution >= 4 is 36.0 Å². The summed E-state index contributed by atoms with van der Waals surface area (Å²) in [5.74, 6) is -0.576. The summed E-state index contributed by atoms with van der Waals surface area (Å²) in [4.78, 5) is 4.00. The Bertz CT molecular complexity index is 1220. The summed E-state index contributed by atoms with van der Waals surface area (Å²) >= 11 is 0.775. The predicted octanol–water partition coefficient (Wildman–Crippen LogP) is 3.83. The Hall–Kier alpha value is -2.30. The molecule has 10 heteroatoms. The van der Waals surface area contributed by atoms with Crippen LogP contribution in [0.3, 0.4) is 0 Å². The molecular formula is C19H19FN2O4S3. The Morgan fingerprint density at radius 1 is 1.00 bits per heavy atom. The summed E-state index contributed by atoms with van der Waals surface area (Å²) in [5.41, 5.74) is 1.60. The van der Waals surface area contributed by atoms with Gasteiger partial charge < -0.3 is 5.32 Å². The van der Waals surface area contributed by atoms with E-state index in [9.17, 15) is 21.2 Å². The molecule has 0 saturated carbocycles. The van der Waals surface area contributed by atoms with Crippen LogP contribution in [0.15, 0.2) is 62.8 Å². The zero-order chi connectivity index (χ0) is 21.2. The molecule has 1 aromatic heterocycles. The van der Waals surface area contributed by atoms with E-state index >= 15 is 0 Å². The van der Waals surface area contributed by atoms with E-state index < -0.39 is 19.7 Å². The predicted molar refractivity (Wildman–Crippen MR) is 110 cm³/mol. The minimum Gasteiger partial charge on any atom is -0.370 e. The second-order valence-electron chi connectivity index (χ2n) is 6.31. The fraction of sp³-hybridized carbons (Fsp3) is 0.211. The summed E-state index contributed by atoms with van der Waals surface area (Å²) in [5, 5.41) is 2.74. The lowest BCUT2D eigenvalue weighted by Crippen LogP contribution is -2.08.